The summed E-state index contributed by atoms with van der Waals surface area (Å²) >= 11 is 6.71. The van der Waals surface area contributed by atoms with E-state index < -0.39 is 17.5 Å². The molecule has 3 atom stereocenters. The molecule has 3 aromatic rings. The van der Waals surface area contributed by atoms with Crippen molar-refractivity contribution in [3.8, 4) is 22.6 Å². The Hall–Kier alpha value is -3.63. The first-order valence-electron chi connectivity index (χ1n) is 11.9. The maximum Gasteiger partial charge on any atom is 0.350 e. The van der Waals surface area contributed by atoms with E-state index >= 15 is 0 Å². The van der Waals surface area contributed by atoms with Crippen LogP contribution in [0, 0.1) is 5.82 Å². The maximum atomic E-state index is 14.9. The maximum absolute atomic E-state index is 14.9. The van der Waals surface area contributed by atoms with Crippen molar-refractivity contribution in [2.45, 2.75) is 32.0 Å². The minimum absolute atomic E-state index is 0.0716. The number of phenols is 1. The standard InChI is InChI=1S/C26H26ClFN4O5/c1-4-20(35)30-9-14(3)31(10-13(30)2)25-16-8-17(27)21(22-18(28)6-5-7-19(22)34)24-23(16)32(26(36)29-25)15(11-33)12-37-24/h4-8,13-15,33-34H,1,9-12H2,2-3H3/t13-,14?,15?/m1/s1. The summed E-state index contributed by atoms with van der Waals surface area (Å²) in [4.78, 5) is 33.7. The Morgan fingerprint density at radius 1 is 1.30 bits per heavy atom. The highest BCUT2D eigenvalue weighted by Gasteiger charge is 2.36. The molecule has 194 valence electrons. The first kappa shape index (κ1) is 25.0. The molecule has 3 heterocycles. The molecule has 37 heavy (non-hydrogen) atoms. The highest BCUT2D eigenvalue weighted by atomic mass is 35.5. The van der Waals surface area contributed by atoms with E-state index in [1.54, 1.807) is 11.0 Å². The zero-order valence-corrected chi connectivity index (χ0v) is 21.1. The van der Waals surface area contributed by atoms with E-state index in [1.165, 1.54) is 28.8 Å². The van der Waals surface area contributed by atoms with Crippen LogP contribution in [0.3, 0.4) is 0 Å². The fourth-order valence-electron chi connectivity index (χ4n) is 5.25. The van der Waals surface area contributed by atoms with Gasteiger partial charge in [0.1, 0.15) is 24.0 Å². The van der Waals surface area contributed by atoms with Gasteiger partial charge in [-0.2, -0.15) is 4.98 Å². The molecular formula is C26H26ClFN4O5. The lowest BCUT2D eigenvalue weighted by Gasteiger charge is -2.44. The third-order valence-electron chi connectivity index (χ3n) is 7.05. The molecule has 0 radical (unpaired) electrons. The SMILES string of the molecule is C=CC(=O)N1CC(C)N(c2nc(=O)n3c4c(c(-c5c(O)cccc5F)c(Cl)cc24)OCC3CO)C[C@H]1C. The Balaban J connectivity index is 1.78. The average molecular weight is 529 g/mol. The summed E-state index contributed by atoms with van der Waals surface area (Å²) in [6, 6.07) is 4.35. The lowest BCUT2D eigenvalue weighted by Crippen LogP contribution is -2.58. The fraction of sp³-hybridized carbons (Fsp3) is 0.346. The van der Waals surface area contributed by atoms with E-state index in [1.807, 2.05) is 18.7 Å². The highest BCUT2D eigenvalue weighted by Crippen LogP contribution is 2.49. The Morgan fingerprint density at radius 2 is 2.05 bits per heavy atom. The molecule has 0 bridgehead atoms. The number of anilines is 1. The molecule has 2 unspecified atom stereocenters. The molecular weight excluding hydrogens is 503 g/mol. The number of aromatic nitrogens is 2. The molecule has 9 nitrogen and oxygen atoms in total. The number of hydrogen-bond acceptors (Lipinski definition) is 7. The van der Waals surface area contributed by atoms with Gasteiger partial charge in [-0.3, -0.25) is 9.36 Å². The quantitative estimate of drug-likeness (QED) is 0.501. The van der Waals surface area contributed by atoms with Crippen molar-refractivity contribution in [3.63, 3.8) is 0 Å². The topological polar surface area (TPSA) is 108 Å². The number of piperazine rings is 1. The predicted octanol–water partition coefficient (Wildman–Crippen LogP) is 3.10. The number of halogens is 2. The zero-order valence-electron chi connectivity index (χ0n) is 20.3. The number of benzene rings is 2. The van der Waals surface area contributed by atoms with Crippen molar-refractivity contribution in [3.05, 3.63) is 58.2 Å². The zero-order chi connectivity index (χ0) is 26.6. The highest BCUT2D eigenvalue weighted by molar-refractivity contribution is 6.35. The third-order valence-corrected chi connectivity index (χ3v) is 7.35. The second-order valence-corrected chi connectivity index (χ2v) is 9.78. The Morgan fingerprint density at radius 3 is 2.73 bits per heavy atom. The Bertz CT molecular complexity index is 1470. The summed E-state index contributed by atoms with van der Waals surface area (Å²) < 4.78 is 22.3. The number of phenolic OH excluding ortho intramolecular Hbond substituents is 1. The van der Waals surface area contributed by atoms with Gasteiger partial charge in [-0.05, 0) is 38.1 Å². The molecule has 1 saturated heterocycles. The van der Waals surface area contributed by atoms with Crippen molar-refractivity contribution >= 4 is 34.2 Å². The van der Waals surface area contributed by atoms with Gasteiger partial charge in [0.15, 0.2) is 5.75 Å². The second kappa shape index (κ2) is 9.35. The third kappa shape index (κ3) is 3.91. The fourth-order valence-corrected chi connectivity index (χ4v) is 5.54. The van der Waals surface area contributed by atoms with E-state index in [-0.39, 0.29) is 58.9 Å². The van der Waals surface area contributed by atoms with Crippen molar-refractivity contribution < 1.29 is 24.1 Å². The number of nitrogens with zero attached hydrogens (tertiary/aromatic N) is 4. The van der Waals surface area contributed by atoms with Gasteiger partial charge in [-0.15, -0.1) is 0 Å². The van der Waals surface area contributed by atoms with Gasteiger partial charge in [0.05, 0.1) is 34.3 Å². The average Bonchev–Trinajstić information content (AvgIpc) is 2.87. The van der Waals surface area contributed by atoms with Crippen molar-refractivity contribution in [1.82, 2.24) is 14.5 Å². The largest absolute Gasteiger partial charge is 0.507 e. The smallest absolute Gasteiger partial charge is 0.350 e. The van der Waals surface area contributed by atoms with Crippen LogP contribution in [-0.4, -0.2) is 69.0 Å². The molecule has 2 aromatic carbocycles. The lowest BCUT2D eigenvalue weighted by atomic mass is 9.98. The van der Waals surface area contributed by atoms with Gasteiger partial charge in [0.25, 0.3) is 0 Å². The van der Waals surface area contributed by atoms with E-state index in [0.717, 1.165) is 0 Å². The minimum atomic E-state index is -0.717. The molecule has 2 aliphatic rings. The number of carbonyl (C=O) groups is 1. The number of carbonyl (C=O) groups excluding carboxylic acids is 1. The number of aromatic hydroxyl groups is 1. The number of amides is 1. The molecule has 11 heteroatoms. The number of aliphatic hydroxyl groups is 1. The molecule has 0 saturated carbocycles. The van der Waals surface area contributed by atoms with Gasteiger partial charge >= 0.3 is 5.69 Å². The van der Waals surface area contributed by atoms with Gasteiger partial charge in [-0.1, -0.05) is 24.2 Å². The first-order valence-corrected chi connectivity index (χ1v) is 12.3. The normalized spacial score (nSPS) is 21.2. The van der Waals surface area contributed by atoms with Gasteiger partial charge < -0.3 is 24.7 Å². The van der Waals surface area contributed by atoms with E-state index in [4.69, 9.17) is 16.3 Å². The predicted molar refractivity (Wildman–Crippen MR) is 138 cm³/mol. The van der Waals surface area contributed by atoms with Gasteiger partial charge in [0.2, 0.25) is 5.91 Å². The monoisotopic (exact) mass is 528 g/mol. The lowest BCUT2D eigenvalue weighted by molar-refractivity contribution is -0.128. The van der Waals surface area contributed by atoms with Gasteiger partial charge in [0, 0.05) is 30.6 Å². The van der Waals surface area contributed by atoms with Gasteiger partial charge in [-0.25, -0.2) is 9.18 Å². The second-order valence-electron chi connectivity index (χ2n) is 9.37. The van der Waals surface area contributed by atoms with E-state index in [2.05, 4.69) is 11.6 Å². The van der Waals surface area contributed by atoms with Crippen LogP contribution < -0.4 is 15.3 Å². The number of rotatable bonds is 4. The molecule has 2 N–H and O–H groups in total. The van der Waals surface area contributed by atoms with Crippen LogP contribution in [0.15, 0.2) is 41.7 Å². The van der Waals surface area contributed by atoms with Crippen LogP contribution in [0.4, 0.5) is 10.2 Å². The summed E-state index contributed by atoms with van der Waals surface area (Å²) in [6.07, 6.45) is 1.28. The molecule has 2 aliphatic heterocycles. The number of hydrogen-bond donors (Lipinski definition) is 2. The summed E-state index contributed by atoms with van der Waals surface area (Å²) in [5.74, 6) is -0.760. The molecule has 1 fully saturated rings. The van der Waals surface area contributed by atoms with Crippen molar-refractivity contribution in [2.75, 3.05) is 31.2 Å². The summed E-state index contributed by atoms with van der Waals surface area (Å²) in [5.41, 5.74) is -0.356. The van der Waals surface area contributed by atoms with Crippen molar-refractivity contribution in [1.29, 1.82) is 0 Å². The summed E-state index contributed by atoms with van der Waals surface area (Å²) in [6.45, 7) is 7.71. The van der Waals surface area contributed by atoms with Crippen molar-refractivity contribution in [2.24, 2.45) is 0 Å². The molecule has 0 aliphatic carbocycles. The van der Waals surface area contributed by atoms with Crippen LogP contribution >= 0.6 is 11.6 Å². The van der Waals surface area contributed by atoms with Crippen LogP contribution in [-0.2, 0) is 4.79 Å². The Kier molecular flexibility index (Phi) is 6.33. The number of aliphatic hydroxyl groups excluding tert-OH is 1. The minimum Gasteiger partial charge on any atom is -0.507 e. The molecule has 5 rings (SSSR count). The number of ether oxygens (including phenoxy) is 1. The summed E-state index contributed by atoms with van der Waals surface area (Å²) in [5, 5.41) is 21.0. The molecule has 1 amide bonds. The van der Waals surface area contributed by atoms with E-state index in [9.17, 15) is 24.2 Å². The van der Waals surface area contributed by atoms with E-state index in [0.29, 0.717) is 29.8 Å². The van der Waals surface area contributed by atoms with Crippen LogP contribution in [0.2, 0.25) is 5.02 Å². The Labute approximate surface area is 217 Å². The molecule has 0 spiro atoms. The summed E-state index contributed by atoms with van der Waals surface area (Å²) in [7, 11) is 0. The van der Waals surface area contributed by atoms with Crippen LogP contribution in [0.25, 0.3) is 22.0 Å². The van der Waals surface area contributed by atoms with Crippen LogP contribution in [0.1, 0.15) is 19.9 Å². The first-order chi connectivity index (χ1) is 17.7. The van der Waals surface area contributed by atoms with Crippen LogP contribution in [0.5, 0.6) is 11.5 Å². The molecule has 1 aromatic heterocycles.